The van der Waals surface area contributed by atoms with E-state index < -0.39 is 17.6 Å². The van der Waals surface area contributed by atoms with E-state index in [4.69, 9.17) is 4.74 Å². The molecule has 2 amide bonds. The molecule has 1 aromatic rings. The molecule has 2 aliphatic heterocycles. The quantitative estimate of drug-likeness (QED) is 0.748. The molecule has 2 atom stereocenters. The van der Waals surface area contributed by atoms with E-state index in [0.717, 1.165) is 18.4 Å². The van der Waals surface area contributed by atoms with Crippen molar-refractivity contribution in [1.29, 1.82) is 0 Å². The Balaban J connectivity index is 1.67. The van der Waals surface area contributed by atoms with Gasteiger partial charge < -0.3 is 10.1 Å². The molecule has 1 aromatic carbocycles. The van der Waals surface area contributed by atoms with Crippen molar-refractivity contribution in [2.45, 2.75) is 77.0 Å². The van der Waals surface area contributed by atoms with E-state index in [1.165, 1.54) is 0 Å². The average molecular weight is 416 g/mol. The summed E-state index contributed by atoms with van der Waals surface area (Å²) in [6, 6.07) is 8.99. The summed E-state index contributed by atoms with van der Waals surface area (Å²) in [5.41, 5.74) is 0.482. The van der Waals surface area contributed by atoms with Crippen LogP contribution in [-0.4, -0.2) is 58.6 Å². The molecule has 2 saturated heterocycles. The molecule has 7 nitrogen and oxygen atoms in total. The molecule has 164 valence electrons. The molecule has 0 aromatic heterocycles. The highest BCUT2D eigenvalue weighted by Crippen LogP contribution is 2.26. The topological polar surface area (TPSA) is 79.0 Å². The van der Waals surface area contributed by atoms with E-state index in [1.54, 1.807) is 5.01 Å². The number of aryl methyl sites for hydroxylation is 1. The first-order valence-electron chi connectivity index (χ1n) is 10.9. The standard InChI is InChI=1S/C23H33N3O4/c1-23(2,3)30-22(29)19-15-18(16-25-14-8-7-11-21(28)26(19)25)24-20(27)13-12-17-9-5-4-6-10-17/h4-6,9-10,18-19H,7-8,11-16H2,1-3H3,(H,24,27). The molecule has 2 heterocycles. The van der Waals surface area contributed by atoms with Crippen LogP contribution in [-0.2, 0) is 25.5 Å². The Morgan fingerprint density at radius 2 is 1.90 bits per heavy atom. The number of rotatable bonds is 5. The Kier molecular flexibility index (Phi) is 7.13. The molecule has 0 bridgehead atoms. The van der Waals surface area contributed by atoms with Gasteiger partial charge in [0, 0.05) is 38.4 Å². The third-order valence-corrected chi connectivity index (χ3v) is 5.38. The second-order valence-electron chi connectivity index (χ2n) is 9.14. The van der Waals surface area contributed by atoms with Crippen molar-refractivity contribution < 1.29 is 19.1 Å². The SMILES string of the molecule is CC(C)(C)OC(=O)C1CC(NC(=O)CCc2ccccc2)CN2CCCCC(=O)N12. The number of benzene rings is 1. The van der Waals surface area contributed by atoms with Crippen LogP contribution in [0.5, 0.6) is 0 Å². The van der Waals surface area contributed by atoms with Crippen molar-refractivity contribution in [2.24, 2.45) is 0 Å². The van der Waals surface area contributed by atoms with Crippen molar-refractivity contribution in [3.63, 3.8) is 0 Å². The average Bonchev–Trinajstić information content (AvgIpc) is 2.87. The van der Waals surface area contributed by atoms with Crippen LogP contribution in [0.1, 0.15) is 58.4 Å². The van der Waals surface area contributed by atoms with Crippen molar-refractivity contribution in [3.8, 4) is 0 Å². The van der Waals surface area contributed by atoms with Crippen LogP contribution in [0, 0.1) is 0 Å². The van der Waals surface area contributed by atoms with Gasteiger partial charge in [-0.15, -0.1) is 0 Å². The number of ether oxygens (including phenoxy) is 1. The van der Waals surface area contributed by atoms with E-state index in [9.17, 15) is 14.4 Å². The second-order valence-corrected chi connectivity index (χ2v) is 9.14. The van der Waals surface area contributed by atoms with Crippen LogP contribution in [0.25, 0.3) is 0 Å². The van der Waals surface area contributed by atoms with E-state index in [0.29, 0.717) is 38.8 Å². The number of nitrogens with one attached hydrogen (secondary N) is 1. The molecule has 0 radical (unpaired) electrons. The molecular formula is C23H33N3O4. The maximum Gasteiger partial charge on any atom is 0.331 e. The summed E-state index contributed by atoms with van der Waals surface area (Å²) in [5, 5.41) is 6.60. The first-order chi connectivity index (χ1) is 14.2. The van der Waals surface area contributed by atoms with Gasteiger partial charge in [0.2, 0.25) is 11.8 Å². The maximum atomic E-state index is 12.9. The minimum absolute atomic E-state index is 0.0404. The molecule has 30 heavy (non-hydrogen) atoms. The maximum absolute atomic E-state index is 12.9. The monoisotopic (exact) mass is 415 g/mol. The Hall–Kier alpha value is -2.41. The number of carbonyl (C=O) groups excluding carboxylic acids is 3. The summed E-state index contributed by atoms with van der Waals surface area (Å²) in [6.07, 6.45) is 3.56. The molecule has 7 heteroatoms. The van der Waals surface area contributed by atoms with Gasteiger partial charge >= 0.3 is 5.97 Å². The summed E-state index contributed by atoms with van der Waals surface area (Å²) in [5.74, 6) is -0.496. The van der Waals surface area contributed by atoms with Crippen molar-refractivity contribution in [3.05, 3.63) is 35.9 Å². The third-order valence-electron chi connectivity index (χ3n) is 5.38. The lowest BCUT2D eigenvalue weighted by Crippen LogP contribution is -2.64. The third kappa shape index (κ3) is 6.05. The zero-order chi connectivity index (χ0) is 21.7. The fraction of sp³-hybridized carbons (Fsp3) is 0.609. The van der Waals surface area contributed by atoms with Gasteiger partial charge in [0.25, 0.3) is 0 Å². The zero-order valence-electron chi connectivity index (χ0n) is 18.2. The number of hydrogen-bond donors (Lipinski definition) is 1. The van der Waals surface area contributed by atoms with Crippen molar-refractivity contribution >= 4 is 17.8 Å². The number of hydrazine groups is 1. The minimum atomic E-state index is -0.706. The van der Waals surface area contributed by atoms with Gasteiger partial charge in [0.15, 0.2) is 0 Å². The molecule has 1 N–H and O–H groups in total. The van der Waals surface area contributed by atoms with Crippen molar-refractivity contribution in [2.75, 3.05) is 13.1 Å². The Bertz CT molecular complexity index is 759. The predicted molar refractivity (Wildman–Crippen MR) is 113 cm³/mol. The van der Waals surface area contributed by atoms with Crippen LogP contribution < -0.4 is 5.32 Å². The van der Waals surface area contributed by atoms with Gasteiger partial charge in [-0.2, -0.15) is 0 Å². The van der Waals surface area contributed by atoms with E-state index in [1.807, 2.05) is 56.1 Å². The molecule has 3 rings (SSSR count). The summed E-state index contributed by atoms with van der Waals surface area (Å²) in [4.78, 5) is 38.2. The number of amides is 2. The fourth-order valence-corrected chi connectivity index (χ4v) is 4.07. The minimum Gasteiger partial charge on any atom is -0.458 e. The number of nitrogens with zero attached hydrogens (tertiary/aromatic N) is 2. The van der Waals surface area contributed by atoms with Crippen LogP contribution >= 0.6 is 0 Å². The summed E-state index contributed by atoms with van der Waals surface area (Å²) in [7, 11) is 0. The Morgan fingerprint density at radius 1 is 1.17 bits per heavy atom. The lowest BCUT2D eigenvalue weighted by atomic mass is 10.0. The molecule has 0 spiro atoms. The molecule has 0 saturated carbocycles. The van der Waals surface area contributed by atoms with Crippen LogP contribution in [0.2, 0.25) is 0 Å². The highest BCUT2D eigenvalue weighted by atomic mass is 16.6. The molecule has 0 aliphatic carbocycles. The van der Waals surface area contributed by atoms with Crippen molar-refractivity contribution in [1.82, 2.24) is 15.3 Å². The zero-order valence-corrected chi connectivity index (χ0v) is 18.2. The predicted octanol–water partition coefficient (Wildman–Crippen LogP) is 2.45. The van der Waals surface area contributed by atoms with Gasteiger partial charge in [-0.25, -0.2) is 9.80 Å². The number of esters is 1. The van der Waals surface area contributed by atoms with Gasteiger partial charge in [0.05, 0.1) is 0 Å². The number of carbonyl (C=O) groups is 3. The number of hydrogen-bond acceptors (Lipinski definition) is 5. The summed E-state index contributed by atoms with van der Waals surface area (Å²) < 4.78 is 5.60. The summed E-state index contributed by atoms with van der Waals surface area (Å²) in [6.45, 7) is 6.68. The smallest absolute Gasteiger partial charge is 0.331 e. The molecule has 2 unspecified atom stereocenters. The largest absolute Gasteiger partial charge is 0.458 e. The fourth-order valence-electron chi connectivity index (χ4n) is 4.07. The van der Waals surface area contributed by atoms with Gasteiger partial charge in [0.1, 0.15) is 11.6 Å². The van der Waals surface area contributed by atoms with E-state index in [-0.39, 0.29) is 17.9 Å². The first kappa shape index (κ1) is 22.3. The molecule has 2 aliphatic rings. The number of fused-ring (bicyclic) bond motifs is 1. The first-order valence-corrected chi connectivity index (χ1v) is 10.9. The Labute approximate surface area is 178 Å². The van der Waals surface area contributed by atoms with Gasteiger partial charge in [-0.1, -0.05) is 30.3 Å². The van der Waals surface area contributed by atoms with Crippen LogP contribution in [0.4, 0.5) is 0 Å². The summed E-state index contributed by atoms with van der Waals surface area (Å²) >= 11 is 0. The normalized spacial score (nSPS) is 22.8. The highest BCUT2D eigenvalue weighted by Gasteiger charge is 2.43. The van der Waals surface area contributed by atoms with Gasteiger partial charge in [-0.05, 0) is 45.6 Å². The lowest BCUT2D eigenvalue weighted by molar-refractivity contribution is -0.185. The van der Waals surface area contributed by atoms with E-state index >= 15 is 0 Å². The van der Waals surface area contributed by atoms with E-state index in [2.05, 4.69) is 5.32 Å². The van der Waals surface area contributed by atoms with Crippen LogP contribution in [0.15, 0.2) is 30.3 Å². The highest BCUT2D eigenvalue weighted by molar-refractivity contribution is 5.85. The van der Waals surface area contributed by atoms with Crippen LogP contribution in [0.3, 0.4) is 0 Å². The van der Waals surface area contributed by atoms with Gasteiger partial charge in [-0.3, -0.25) is 14.6 Å². The second kappa shape index (κ2) is 9.60. The Morgan fingerprint density at radius 3 is 2.60 bits per heavy atom. The molecular weight excluding hydrogens is 382 g/mol. The molecule has 2 fully saturated rings. The lowest BCUT2D eigenvalue weighted by Gasteiger charge is -2.45.